The zero-order valence-electron chi connectivity index (χ0n) is 19.4. The number of unbranched alkanes of at least 4 members (excludes halogenated alkanes) is 2. The Bertz CT molecular complexity index is 689. The largest absolute Gasteiger partial charge is 0.492 e. The molecule has 2 saturated carbocycles. The predicted octanol–water partition coefficient (Wildman–Crippen LogP) is 4.50. The van der Waals surface area contributed by atoms with Crippen LogP contribution in [0.15, 0.2) is 18.2 Å². The van der Waals surface area contributed by atoms with Crippen LogP contribution < -0.4 is 10.1 Å². The first-order valence-electron chi connectivity index (χ1n) is 13.0. The van der Waals surface area contributed by atoms with Crippen LogP contribution in [0.5, 0.6) is 5.75 Å². The summed E-state index contributed by atoms with van der Waals surface area (Å²) in [7, 11) is 0. The van der Waals surface area contributed by atoms with Gasteiger partial charge in [0, 0.05) is 6.54 Å². The molecule has 1 aromatic carbocycles. The highest BCUT2D eigenvalue weighted by Crippen LogP contribution is 2.48. The lowest BCUT2D eigenvalue weighted by molar-refractivity contribution is 0.0869. The third-order valence-corrected chi connectivity index (χ3v) is 7.99. The van der Waals surface area contributed by atoms with Crippen LogP contribution in [-0.2, 0) is 12.8 Å². The normalized spacial score (nSPS) is 28.2. The van der Waals surface area contributed by atoms with E-state index < -0.39 is 0 Å². The highest BCUT2D eigenvalue weighted by Gasteiger charge is 2.44. The van der Waals surface area contributed by atoms with Crippen molar-refractivity contribution >= 4 is 0 Å². The summed E-state index contributed by atoms with van der Waals surface area (Å²) in [6, 6.07) is 6.50. The van der Waals surface area contributed by atoms with E-state index in [1.54, 1.807) is 0 Å². The van der Waals surface area contributed by atoms with Crippen LogP contribution in [0.25, 0.3) is 0 Å². The van der Waals surface area contributed by atoms with Crippen LogP contribution in [0.4, 0.5) is 0 Å². The van der Waals surface area contributed by atoms with E-state index in [4.69, 9.17) is 4.74 Å². The number of aliphatic hydroxyl groups is 2. The van der Waals surface area contributed by atoms with E-state index in [0.717, 1.165) is 76.3 Å². The van der Waals surface area contributed by atoms with Gasteiger partial charge in [-0.1, -0.05) is 38.3 Å². The maximum absolute atomic E-state index is 10.8. The second-order valence-electron chi connectivity index (χ2n) is 10.4. The van der Waals surface area contributed by atoms with Crippen molar-refractivity contribution in [1.82, 2.24) is 5.32 Å². The molecule has 4 rings (SSSR count). The Morgan fingerprint density at radius 1 is 1.16 bits per heavy atom. The molecule has 3 aliphatic rings. The Labute approximate surface area is 188 Å². The SMILES string of the molecule is CCCCC[C@@H](O)CC[C@@H]1[C@H]2Cc3cccc(OCCNCC4CC4)c3C[C@H]2C[C@H]1O. The lowest BCUT2D eigenvalue weighted by atomic mass is 9.73. The van der Waals surface area contributed by atoms with Gasteiger partial charge in [0.2, 0.25) is 0 Å². The van der Waals surface area contributed by atoms with E-state index in [-0.39, 0.29) is 12.2 Å². The molecule has 3 aliphatic carbocycles. The van der Waals surface area contributed by atoms with Gasteiger partial charge in [-0.25, -0.2) is 0 Å². The maximum atomic E-state index is 10.8. The van der Waals surface area contributed by atoms with Gasteiger partial charge in [0.15, 0.2) is 0 Å². The third-order valence-electron chi connectivity index (χ3n) is 7.99. The maximum Gasteiger partial charge on any atom is 0.122 e. The molecule has 1 aromatic rings. The molecule has 0 spiro atoms. The van der Waals surface area contributed by atoms with Crippen molar-refractivity contribution in [3.8, 4) is 5.75 Å². The first-order chi connectivity index (χ1) is 15.2. The van der Waals surface area contributed by atoms with Crippen LogP contribution in [0.1, 0.15) is 75.8 Å². The van der Waals surface area contributed by atoms with Crippen molar-refractivity contribution < 1.29 is 14.9 Å². The molecule has 31 heavy (non-hydrogen) atoms. The summed E-state index contributed by atoms with van der Waals surface area (Å²) in [6.07, 6.45) is 11.5. The molecule has 0 unspecified atom stereocenters. The Morgan fingerprint density at radius 2 is 2.03 bits per heavy atom. The minimum atomic E-state index is -0.219. The van der Waals surface area contributed by atoms with E-state index in [1.165, 1.54) is 36.8 Å². The van der Waals surface area contributed by atoms with Crippen LogP contribution in [0.2, 0.25) is 0 Å². The second kappa shape index (κ2) is 11.2. The van der Waals surface area contributed by atoms with E-state index in [9.17, 15) is 10.2 Å². The number of hydrogen-bond donors (Lipinski definition) is 3. The zero-order valence-corrected chi connectivity index (χ0v) is 19.4. The first-order valence-corrected chi connectivity index (χ1v) is 13.0. The molecule has 0 aliphatic heterocycles. The minimum Gasteiger partial charge on any atom is -0.492 e. The summed E-state index contributed by atoms with van der Waals surface area (Å²) in [4.78, 5) is 0. The highest BCUT2D eigenvalue weighted by atomic mass is 16.5. The van der Waals surface area contributed by atoms with E-state index >= 15 is 0 Å². The van der Waals surface area contributed by atoms with Gasteiger partial charge in [-0.05, 0) is 98.8 Å². The number of rotatable bonds is 13. The standard InChI is InChI=1S/C27H43NO3/c1-2-3-4-7-22(29)11-12-23-24-15-20-6-5-8-27(25(20)16-21(24)17-26(23)30)31-14-13-28-18-19-9-10-19/h5-6,8,19,21-24,26,28-30H,2-4,7,9-18H2,1H3/t21-,22+,23+,24-,26+/m0/s1. The van der Waals surface area contributed by atoms with Gasteiger partial charge in [-0.3, -0.25) is 0 Å². The average molecular weight is 430 g/mol. The molecular weight excluding hydrogens is 386 g/mol. The summed E-state index contributed by atoms with van der Waals surface area (Å²) in [5, 5.41) is 24.7. The third kappa shape index (κ3) is 6.24. The van der Waals surface area contributed by atoms with Crippen molar-refractivity contribution in [3.63, 3.8) is 0 Å². The van der Waals surface area contributed by atoms with Gasteiger partial charge >= 0.3 is 0 Å². The molecule has 0 heterocycles. The molecule has 2 fully saturated rings. The molecule has 0 bridgehead atoms. The van der Waals surface area contributed by atoms with Crippen molar-refractivity contribution in [2.24, 2.45) is 23.7 Å². The molecule has 0 saturated heterocycles. The molecule has 4 heteroatoms. The van der Waals surface area contributed by atoms with Gasteiger partial charge in [0.1, 0.15) is 12.4 Å². The summed E-state index contributed by atoms with van der Waals surface area (Å²) in [5.41, 5.74) is 2.78. The van der Waals surface area contributed by atoms with Gasteiger partial charge in [-0.15, -0.1) is 0 Å². The van der Waals surface area contributed by atoms with Gasteiger partial charge in [0.25, 0.3) is 0 Å². The molecule has 0 amide bonds. The van der Waals surface area contributed by atoms with Gasteiger partial charge < -0.3 is 20.3 Å². The number of benzene rings is 1. The fourth-order valence-corrected chi connectivity index (χ4v) is 5.96. The first kappa shape index (κ1) is 23.1. The number of nitrogens with one attached hydrogen (secondary N) is 1. The molecule has 4 nitrogen and oxygen atoms in total. The van der Waals surface area contributed by atoms with Crippen LogP contribution in [0, 0.1) is 23.7 Å². The monoisotopic (exact) mass is 429 g/mol. The smallest absolute Gasteiger partial charge is 0.122 e. The molecule has 0 radical (unpaired) electrons. The number of fused-ring (bicyclic) bond motifs is 2. The quantitative estimate of drug-likeness (QED) is 0.404. The zero-order chi connectivity index (χ0) is 21.6. The van der Waals surface area contributed by atoms with Crippen molar-refractivity contribution in [1.29, 1.82) is 0 Å². The van der Waals surface area contributed by atoms with Gasteiger partial charge in [0.05, 0.1) is 12.2 Å². The van der Waals surface area contributed by atoms with Crippen molar-refractivity contribution in [2.45, 2.75) is 89.8 Å². The number of aliphatic hydroxyl groups excluding tert-OH is 2. The Balaban J connectivity index is 1.30. The van der Waals surface area contributed by atoms with Crippen LogP contribution in [0.3, 0.4) is 0 Å². The van der Waals surface area contributed by atoms with E-state index in [0.29, 0.717) is 17.8 Å². The Morgan fingerprint density at radius 3 is 2.84 bits per heavy atom. The predicted molar refractivity (Wildman–Crippen MR) is 125 cm³/mol. The van der Waals surface area contributed by atoms with E-state index in [2.05, 4.69) is 30.4 Å². The molecular formula is C27H43NO3. The molecule has 174 valence electrons. The summed E-state index contributed by atoms with van der Waals surface area (Å²) < 4.78 is 6.18. The number of hydrogen-bond acceptors (Lipinski definition) is 4. The van der Waals surface area contributed by atoms with Gasteiger partial charge in [-0.2, -0.15) is 0 Å². The highest BCUT2D eigenvalue weighted by molar-refractivity contribution is 5.43. The number of ether oxygens (including phenoxy) is 1. The second-order valence-corrected chi connectivity index (χ2v) is 10.4. The van der Waals surface area contributed by atoms with Crippen LogP contribution >= 0.6 is 0 Å². The topological polar surface area (TPSA) is 61.7 Å². The molecule has 0 aromatic heterocycles. The minimum absolute atomic E-state index is 0.206. The van der Waals surface area contributed by atoms with Crippen molar-refractivity contribution in [2.75, 3.05) is 19.7 Å². The Hall–Kier alpha value is -1.10. The summed E-state index contributed by atoms with van der Waals surface area (Å²) >= 11 is 0. The lowest BCUT2D eigenvalue weighted by Crippen LogP contribution is -2.28. The summed E-state index contributed by atoms with van der Waals surface area (Å²) in [6.45, 7) is 4.96. The van der Waals surface area contributed by atoms with Crippen molar-refractivity contribution in [3.05, 3.63) is 29.3 Å². The molecule has 3 N–H and O–H groups in total. The average Bonchev–Trinajstić information content (AvgIpc) is 3.53. The van der Waals surface area contributed by atoms with Crippen LogP contribution in [-0.4, -0.2) is 42.1 Å². The fraction of sp³-hybridized carbons (Fsp3) is 0.778. The van der Waals surface area contributed by atoms with E-state index in [1.807, 2.05) is 0 Å². The lowest BCUT2D eigenvalue weighted by Gasteiger charge is -2.32. The Kier molecular flexibility index (Phi) is 8.30. The molecule has 5 atom stereocenters. The fourth-order valence-electron chi connectivity index (χ4n) is 5.96. The summed E-state index contributed by atoms with van der Waals surface area (Å²) in [5.74, 6) is 3.37.